The lowest BCUT2D eigenvalue weighted by atomic mass is 10.1. The molecule has 0 fully saturated rings. The highest BCUT2D eigenvalue weighted by Crippen LogP contribution is 2.30. The minimum atomic E-state index is 0.752. The molecule has 0 saturated carbocycles. The highest BCUT2D eigenvalue weighted by Gasteiger charge is 2.11. The SMILES string of the molecule is Cn1cc(-c2cnc3[nH]cc(-c4cnn(Cc5ccccc5)c4)c3c2)cn1. The van der Waals surface area contributed by atoms with Crippen molar-refractivity contribution in [2.24, 2.45) is 7.05 Å². The van der Waals surface area contributed by atoms with Gasteiger partial charge in [0.15, 0.2) is 0 Å². The molecule has 0 saturated heterocycles. The number of aromatic amines is 1. The number of rotatable bonds is 4. The standard InChI is InChI=1S/C21H18N6/c1-26-13-17(9-24-26)16-7-19-20(11-23-21(19)22-8-16)18-10-25-27(14-18)12-15-5-3-2-4-6-15/h2-11,13-14H,12H2,1H3,(H,22,23). The van der Waals surface area contributed by atoms with Crippen LogP contribution in [0, 0.1) is 0 Å². The molecule has 1 aromatic carbocycles. The van der Waals surface area contributed by atoms with Crippen molar-refractivity contribution >= 4 is 11.0 Å². The lowest BCUT2D eigenvalue weighted by Gasteiger charge is -2.01. The second-order valence-electron chi connectivity index (χ2n) is 6.64. The monoisotopic (exact) mass is 354 g/mol. The van der Waals surface area contributed by atoms with E-state index in [2.05, 4.69) is 44.6 Å². The van der Waals surface area contributed by atoms with Crippen LogP contribution in [-0.4, -0.2) is 29.5 Å². The Balaban J connectivity index is 1.51. The minimum absolute atomic E-state index is 0.752. The third kappa shape index (κ3) is 2.91. The van der Waals surface area contributed by atoms with Crippen LogP contribution in [-0.2, 0) is 13.6 Å². The Bertz CT molecular complexity index is 1210. The molecule has 6 nitrogen and oxygen atoms in total. The fourth-order valence-corrected chi connectivity index (χ4v) is 3.33. The number of pyridine rings is 1. The van der Waals surface area contributed by atoms with E-state index >= 15 is 0 Å². The molecule has 27 heavy (non-hydrogen) atoms. The summed E-state index contributed by atoms with van der Waals surface area (Å²) in [5.74, 6) is 0. The Labute approximate surface area is 156 Å². The maximum Gasteiger partial charge on any atom is 0.137 e. The van der Waals surface area contributed by atoms with Crippen molar-refractivity contribution in [2.45, 2.75) is 6.54 Å². The van der Waals surface area contributed by atoms with Gasteiger partial charge in [-0.25, -0.2) is 4.98 Å². The van der Waals surface area contributed by atoms with Crippen molar-refractivity contribution in [3.63, 3.8) is 0 Å². The first-order valence-electron chi connectivity index (χ1n) is 8.79. The second kappa shape index (κ2) is 6.25. The fraction of sp³-hybridized carbons (Fsp3) is 0.0952. The summed E-state index contributed by atoms with van der Waals surface area (Å²) in [7, 11) is 1.91. The number of aryl methyl sites for hydroxylation is 1. The van der Waals surface area contributed by atoms with Crippen LogP contribution in [0.5, 0.6) is 0 Å². The summed E-state index contributed by atoms with van der Waals surface area (Å²) in [6.07, 6.45) is 11.7. The van der Waals surface area contributed by atoms with Gasteiger partial charge in [0.25, 0.3) is 0 Å². The van der Waals surface area contributed by atoms with Gasteiger partial charge in [0.1, 0.15) is 5.65 Å². The van der Waals surface area contributed by atoms with Gasteiger partial charge >= 0.3 is 0 Å². The molecule has 0 spiro atoms. The number of benzene rings is 1. The van der Waals surface area contributed by atoms with Gasteiger partial charge in [-0.1, -0.05) is 30.3 Å². The third-order valence-corrected chi connectivity index (χ3v) is 4.70. The normalized spacial score (nSPS) is 11.3. The predicted octanol–water partition coefficient (Wildman–Crippen LogP) is 3.88. The van der Waals surface area contributed by atoms with E-state index in [4.69, 9.17) is 0 Å². The Morgan fingerprint density at radius 2 is 1.78 bits per heavy atom. The zero-order chi connectivity index (χ0) is 18.2. The molecule has 1 N–H and O–H groups in total. The summed E-state index contributed by atoms with van der Waals surface area (Å²) < 4.78 is 3.76. The van der Waals surface area contributed by atoms with Crippen LogP contribution in [0.2, 0.25) is 0 Å². The molecule has 0 radical (unpaired) electrons. The number of nitrogens with zero attached hydrogens (tertiary/aromatic N) is 5. The second-order valence-corrected chi connectivity index (χ2v) is 6.64. The van der Waals surface area contributed by atoms with Crippen LogP contribution in [0.4, 0.5) is 0 Å². The average Bonchev–Trinajstić information content (AvgIpc) is 3.41. The van der Waals surface area contributed by atoms with E-state index in [0.29, 0.717) is 0 Å². The summed E-state index contributed by atoms with van der Waals surface area (Å²) in [5.41, 5.74) is 6.37. The Morgan fingerprint density at radius 1 is 0.926 bits per heavy atom. The van der Waals surface area contributed by atoms with E-state index in [9.17, 15) is 0 Å². The molecule has 132 valence electrons. The molecule has 0 bridgehead atoms. The van der Waals surface area contributed by atoms with E-state index in [1.807, 2.05) is 60.9 Å². The van der Waals surface area contributed by atoms with Crippen LogP contribution >= 0.6 is 0 Å². The smallest absolute Gasteiger partial charge is 0.137 e. The first-order valence-corrected chi connectivity index (χ1v) is 8.79. The van der Waals surface area contributed by atoms with E-state index in [0.717, 1.165) is 39.8 Å². The summed E-state index contributed by atoms with van der Waals surface area (Å²) in [6, 6.07) is 12.5. The molecule has 0 aliphatic rings. The van der Waals surface area contributed by atoms with Gasteiger partial charge in [-0.15, -0.1) is 0 Å². The van der Waals surface area contributed by atoms with Gasteiger partial charge in [0.05, 0.1) is 18.9 Å². The molecule has 0 atom stereocenters. The quantitative estimate of drug-likeness (QED) is 0.533. The highest BCUT2D eigenvalue weighted by atomic mass is 15.3. The van der Waals surface area contributed by atoms with Gasteiger partial charge < -0.3 is 4.98 Å². The summed E-state index contributed by atoms with van der Waals surface area (Å²) in [6.45, 7) is 0.752. The number of hydrogen-bond donors (Lipinski definition) is 1. The van der Waals surface area contributed by atoms with E-state index in [1.54, 1.807) is 4.68 Å². The van der Waals surface area contributed by atoms with Crippen molar-refractivity contribution in [2.75, 3.05) is 0 Å². The van der Waals surface area contributed by atoms with Crippen LogP contribution in [0.15, 0.2) is 73.6 Å². The zero-order valence-corrected chi connectivity index (χ0v) is 14.9. The maximum absolute atomic E-state index is 4.57. The Hall–Kier alpha value is -3.67. The topological polar surface area (TPSA) is 64.3 Å². The number of H-pyrrole nitrogens is 1. The van der Waals surface area contributed by atoms with Gasteiger partial charge in [-0.2, -0.15) is 10.2 Å². The molecular weight excluding hydrogens is 336 g/mol. The molecule has 4 aromatic heterocycles. The van der Waals surface area contributed by atoms with Gasteiger partial charge in [-0.05, 0) is 11.6 Å². The molecule has 4 heterocycles. The summed E-state index contributed by atoms with van der Waals surface area (Å²) in [5, 5.41) is 9.86. The Morgan fingerprint density at radius 3 is 2.59 bits per heavy atom. The number of nitrogens with one attached hydrogen (secondary N) is 1. The highest BCUT2D eigenvalue weighted by molar-refractivity contribution is 5.95. The first kappa shape index (κ1) is 15.6. The molecule has 0 aliphatic carbocycles. The first-order chi connectivity index (χ1) is 13.3. The van der Waals surface area contributed by atoms with Crippen LogP contribution in [0.1, 0.15) is 5.56 Å². The van der Waals surface area contributed by atoms with Crippen LogP contribution in [0.25, 0.3) is 33.3 Å². The van der Waals surface area contributed by atoms with Crippen molar-refractivity contribution in [3.8, 4) is 22.3 Å². The largest absolute Gasteiger partial charge is 0.346 e. The maximum atomic E-state index is 4.57. The Kier molecular flexibility index (Phi) is 3.60. The molecule has 0 unspecified atom stereocenters. The van der Waals surface area contributed by atoms with Crippen LogP contribution < -0.4 is 0 Å². The fourth-order valence-electron chi connectivity index (χ4n) is 3.33. The van der Waals surface area contributed by atoms with Crippen molar-refractivity contribution in [1.82, 2.24) is 29.5 Å². The van der Waals surface area contributed by atoms with Crippen LogP contribution in [0.3, 0.4) is 0 Å². The zero-order valence-electron chi connectivity index (χ0n) is 14.9. The van der Waals surface area contributed by atoms with Crippen molar-refractivity contribution in [1.29, 1.82) is 0 Å². The van der Waals surface area contributed by atoms with Crippen molar-refractivity contribution < 1.29 is 0 Å². The molecule has 5 rings (SSSR count). The lowest BCUT2D eigenvalue weighted by molar-refractivity contribution is 0.687. The number of hydrogen-bond acceptors (Lipinski definition) is 3. The van der Waals surface area contributed by atoms with E-state index in [1.165, 1.54) is 5.56 Å². The molecule has 0 aliphatic heterocycles. The molecule has 6 heteroatoms. The van der Waals surface area contributed by atoms with Gasteiger partial charge in [-0.3, -0.25) is 9.36 Å². The third-order valence-electron chi connectivity index (χ3n) is 4.70. The van der Waals surface area contributed by atoms with Crippen molar-refractivity contribution in [3.05, 3.63) is 79.1 Å². The molecular formula is C21H18N6. The minimum Gasteiger partial charge on any atom is -0.346 e. The summed E-state index contributed by atoms with van der Waals surface area (Å²) in [4.78, 5) is 7.83. The molecule has 0 amide bonds. The number of fused-ring (bicyclic) bond motifs is 1. The van der Waals surface area contributed by atoms with Gasteiger partial charge in [0, 0.05) is 59.5 Å². The average molecular weight is 354 g/mol. The summed E-state index contributed by atoms with van der Waals surface area (Å²) >= 11 is 0. The van der Waals surface area contributed by atoms with Gasteiger partial charge in [0.2, 0.25) is 0 Å². The van der Waals surface area contributed by atoms with E-state index in [-0.39, 0.29) is 0 Å². The lowest BCUT2D eigenvalue weighted by Crippen LogP contribution is -1.99. The number of aromatic nitrogens is 6. The molecule has 5 aromatic rings. The predicted molar refractivity (Wildman–Crippen MR) is 105 cm³/mol. The van der Waals surface area contributed by atoms with E-state index < -0.39 is 0 Å².